The molecule has 0 aliphatic heterocycles. The first-order valence-electron chi connectivity index (χ1n) is 6.68. The lowest BCUT2D eigenvalue weighted by atomic mass is 10.00. The number of rotatable bonds is 5. The Bertz CT molecular complexity index is 700. The van der Waals surface area contributed by atoms with Crippen LogP contribution in [0.5, 0.6) is 0 Å². The van der Waals surface area contributed by atoms with Crippen LogP contribution in [0.4, 0.5) is 4.39 Å². The van der Waals surface area contributed by atoms with Gasteiger partial charge in [0.2, 0.25) is 5.91 Å². The zero-order valence-electron chi connectivity index (χ0n) is 12.3. The predicted octanol–water partition coefficient (Wildman–Crippen LogP) is 1.00. The minimum atomic E-state index is -1.39. The average Bonchev–Trinajstić information content (AvgIpc) is 2.93. The monoisotopic (exact) mass is 304 g/mol. The molecular weight excluding hydrogens is 287 g/mol. The fourth-order valence-corrected chi connectivity index (χ4v) is 2.03. The molecule has 0 radical (unpaired) electrons. The summed E-state index contributed by atoms with van der Waals surface area (Å²) in [5, 5.41) is 6.48. The number of hydrogen-bond acceptors (Lipinski definition) is 3. The number of nitrogens with one attached hydrogen (secondary N) is 1. The summed E-state index contributed by atoms with van der Waals surface area (Å²) in [5.41, 5.74) is 4.61. The number of carbonyl (C=O) groups is 2. The Morgan fingerprint density at radius 1 is 1.45 bits per heavy atom. The van der Waals surface area contributed by atoms with Gasteiger partial charge in [-0.2, -0.15) is 5.10 Å². The summed E-state index contributed by atoms with van der Waals surface area (Å²) < 4.78 is 15.2. The maximum atomic E-state index is 13.8. The second kappa shape index (κ2) is 5.97. The highest BCUT2D eigenvalue weighted by molar-refractivity contribution is 5.99. The maximum absolute atomic E-state index is 13.8. The normalized spacial score (nSPS) is 13.4. The van der Waals surface area contributed by atoms with Crippen molar-refractivity contribution in [3.8, 4) is 0 Å². The van der Waals surface area contributed by atoms with Gasteiger partial charge in [-0.15, -0.1) is 0 Å². The van der Waals surface area contributed by atoms with Gasteiger partial charge in [0.1, 0.15) is 11.4 Å². The third kappa shape index (κ3) is 3.30. The van der Waals surface area contributed by atoms with E-state index in [1.54, 1.807) is 31.5 Å². The van der Waals surface area contributed by atoms with Gasteiger partial charge in [-0.25, -0.2) is 4.39 Å². The number of hydrogen-bond donors (Lipinski definition) is 2. The van der Waals surface area contributed by atoms with E-state index in [2.05, 4.69) is 10.4 Å². The van der Waals surface area contributed by atoms with Crippen LogP contribution in [0.1, 0.15) is 22.8 Å². The summed E-state index contributed by atoms with van der Waals surface area (Å²) >= 11 is 0. The molecule has 0 bridgehead atoms. The van der Waals surface area contributed by atoms with Gasteiger partial charge in [-0.1, -0.05) is 11.6 Å². The molecule has 0 saturated heterocycles. The lowest BCUT2D eigenvalue weighted by Crippen LogP contribution is -2.58. The van der Waals surface area contributed by atoms with E-state index in [1.807, 2.05) is 0 Å². The van der Waals surface area contributed by atoms with Crippen molar-refractivity contribution >= 4 is 11.8 Å². The highest BCUT2D eigenvalue weighted by Gasteiger charge is 2.34. The summed E-state index contributed by atoms with van der Waals surface area (Å²) in [6.45, 7) is 3.27. The molecule has 0 aliphatic carbocycles. The molecule has 0 spiro atoms. The largest absolute Gasteiger partial charge is 0.368 e. The first kappa shape index (κ1) is 15.7. The SMILES string of the molecule is Cc1ccc(F)c(C(=O)NC(C)(Cn2cccn2)C(N)=O)c1. The van der Waals surface area contributed by atoms with E-state index in [1.165, 1.54) is 23.7 Å². The van der Waals surface area contributed by atoms with Gasteiger partial charge in [-0.05, 0) is 32.0 Å². The summed E-state index contributed by atoms with van der Waals surface area (Å²) in [4.78, 5) is 24.0. The van der Waals surface area contributed by atoms with Crippen molar-refractivity contribution in [3.05, 3.63) is 53.6 Å². The van der Waals surface area contributed by atoms with E-state index >= 15 is 0 Å². The van der Waals surface area contributed by atoms with Crippen molar-refractivity contribution in [1.82, 2.24) is 15.1 Å². The Morgan fingerprint density at radius 2 is 2.18 bits per heavy atom. The van der Waals surface area contributed by atoms with Gasteiger partial charge in [0.05, 0.1) is 12.1 Å². The molecule has 0 aliphatic rings. The third-order valence-corrected chi connectivity index (χ3v) is 3.34. The molecule has 0 fully saturated rings. The van der Waals surface area contributed by atoms with E-state index in [0.29, 0.717) is 0 Å². The van der Waals surface area contributed by atoms with Crippen molar-refractivity contribution < 1.29 is 14.0 Å². The minimum Gasteiger partial charge on any atom is -0.368 e. The molecule has 1 aromatic heterocycles. The topological polar surface area (TPSA) is 90.0 Å². The second-order valence-corrected chi connectivity index (χ2v) is 5.34. The number of aromatic nitrogens is 2. The minimum absolute atomic E-state index is 0.0501. The highest BCUT2D eigenvalue weighted by atomic mass is 19.1. The zero-order valence-corrected chi connectivity index (χ0v) is 12.3. The van der Waals surface area contributed by atoms with Gasteiger partial charge in [0.25, 0.3) is 5.91 Å². The van der Waals surface area contributed by atoms with E-state index in [9.17, 15) is 14.0 Å². The first-order chi connectivity index (χ1) is 10.3. The van der Waals surface area contributed by atoms with Crippen LogP contribution in [0.2, 0.25) is 0 Å². The molecule has 1 atom stereocenters. The van der Waals surface area contributed by atoms with E-state index in [-0.39, 0.29) is 12.1 Å². The molecule has 22 heavy (non-hydrogen) atoms. The van der Waals surface area contributed by atoms with Gasteiger partial charge in [0, 0.05) is 12.4 Å². The van der Waals surface area contributed by atoms with Crippen molar-refractivity contribution in [3.63, 3.8) is 0 Å². The fraction of sp³-hybridized carbons (Fsp3) is 0.267. The van der Waals surface area contributed by atoms with Crippen LogP contribution >= 0.6 is 0 Å². The van der Waals surface area contributed by atoms with Gasteiger partial charge < -0.3 is 11.1 Å². The molecule has 2 rings (SSSR count). The quantitative estimate of drug-likeness (QED) is 0.863. The highest BCUT2D eigenvalue weighted by Crippen LogP contribution is 2.13. The Labute approximate surface area is 127 Å². The van der Waals surface area contributed by atoms with E-state index in [4.69, 9.17) is 5.73 Å². The molecule has 116 valence electrons. The molecule has 1 heterocycles. The Hall–Kier alpha value is -2.70. The molecule has 0 saturated carbocycles. The average molecular weight is 304 g/mol. The number of nitrogens with zero attached hydrogens (tertiary/aromatic N) is 2. The summed E-state index contributed by atoms with van der Waals surface area (Å²) in [5.74, 6) is -2.09. The van der Waals surface area contributed by atoms with Crippen LogP contribution in [0.25, 0.3) is 0 Å². The summed E-state index contributed by atoms with van der Waals surface area (Å²) in [7, 11) is 0. The van der Waals surface area contributed by atoms with Crippen molar-refractivity contribution in [1.29, 1.82) is 0 Å². The van der Waals surface area contributed by atoms with E-state index < -0.39 is 23.2 Å². The van der Waals surface area contributed by atoms with Crippen molar-refractivity contribution in [2.45, 2.75) is 25.9 Å². The molecule has 1 unspecified atom stereocenters. The zero-order chi connectivity index (χ0) is 16.3. The molecule has 2 aromatic rings. The predicted molar refractivity (Wildman–Crippen MR) is 78.4 cm³/mol. The Morgan fingerprint density at radius 3 is 2.77 bits per heavy atom. The maximum Gasteiger partial charge on any atom is 0.255 e. The number of carbonyl (C=O) groups excluding carboxylic acids is 2. The van der Waals surface area contributed by atoms with Gasteiger partial charge in [-0.3, -0.25) is 14.3 Å². The van der Waals surface area contributed by atoms with Gasteiger partial charge in [0.15, 0.2) is 0 Å². The van der Waals surface area contributed by atoms with Crippen LogP contribution in [0.15, 0.2) is 36.7 Å². The number of benzene rings is 1. The van der Waals surface area contributed by atoms with Crippen LogP contribution in [0, 0.1) is 12.7 Å². The number of halogens is 1. The Balaban J connectivity index is 2.25. The molecular formula is C15H17FN4O2. The van der Waals surface area contributed by atoms with E-state index in [0.717, 1.165) is 5.56 Å². The molecule has 2 amide bonds. The summed E-state index contributed by atoms with van der Waals surface area (Å²) in [6.07, 6.45) is 3.18. The number of aryl methyl sites for hydroxylation is 1. The Kier molecular flexibility index (Phi) is 4.25. The number of nitrogens with two attached hydrogens (primary N) is 1. The lowest BCUT2D eigenvalue weighted by Gasteiger charge is -2.27. The van der Waals surface area contributed by atoms with Crippen LogP contribution in [-0.2, 0) is 11.3 Å². The lowest BCUT2D eigenvalue weighted by molar-refractivity contribution is -0.124. The molecule has 1 aromatic carbocycles. The van der Waals surface area contributed by atoms with Crippen LogP contribution in [-0.4, -0.2) is 27.1 Å². The van der Waals surface area contributed by atoms with Crippen molar-refractivity contribution in [2.75, 3.05) is 0 Å². The number of primary amides is 1. The number of amides is 2. The summed E-state index contributed by atoms with van der Waals surface area (Å²) in [6, 6.07) is 5.87. The standard InChI is InChI=1S/C15H17FN4O2/c1-10-4-5-12(16)11(8-10)13(21)19-15(2,14(17)22)9-20-7-3-6-18-20/h3-8H,9H2,1-2H3,(H2,17,22)(H,19,21). The smallest absolute Gasteiger partial charge is 0.255 e. The third-order valence-electron chi connectivity index (χ3n) is 3.34. The van der Waals surface area contributed by atoms with Gasteiger partial charge >= 0.3 is 0 Å². The molecule has 7 heteroatoms. The van der Waals surface area contributed by atoms with Crippen LogP contribution in [0.3, 0.4) is 0 Å². The molecule has 3 N–H and O–H groups in total. The van der Waals surface area contributed by atoms with Crippen molar-refractivity contribution in [2.24, 2.45) is 5.73 Å². The molecule has 6 nitrogen and oxygen atoms in total. The fourth-order valence-electron chi connectivity index (χ4n) is 2.03. The van der Waals surface area contributed by atoms with Crippen LogP contribution < -0.4 is 11.1 Å². The first-order valence-corrected chi connectivity index (χ1v) is 6.68. The second-order valence-electron chi connectivity index (χ2n) is 5.34.